The SMILES string of the molecule is CCOC1CC(N)(C(=O)NCC(C)C#N)C1(C)C. The van der Waals surface area contributed by atoms with E-state index in [1.807, 2.05) is 20.8 Å². The van der Waals surface area contributed by atoms with Crippen molar-refractivity contribution in [3.05, 3.63) is 0 Å². The van der Waals surface area contributed by atoms with Gasteiger partial charge in [0.25, 0.3) is 0 Å². The van der Waals surface area contributed by atoms with E-state index < -0.39 is 5.54 Å². The Kier molecular flexibility index (Phi) is 4.36. The number of nitrogens with zero attached hydrogens (tertiary/aromatic N) is 1. The van der Waals surface area contributed by atoms with Crippen molar-refractivity contribution in [1.82, 2.24) is 5.32 Å². The van der Waals surface area contributed by atoms with E-state index in [1.165, 1.54) is 0 Å². The highest BCUT2D eigenvalue weighted by atomic mass is 16.5. The van der Waals surface area contributed by atoms with E-state index in [2.05, 4.69) is 11.4 Å². The van der Waals surface area contributed by atoms with Crippen LogP contribution in [0.25, 0.3) is 0 Å². The minimum Gasteiger partial charge on any atom is -0.378 e. The number of ether oxygens (including phenoxy) is 1. The highest BCUT2D eigenvalue weighted by Crippen LogP contribution is 2.49. The average Bonchev–Trinajstić information content (AvgIpc) is 2.34. The van der Waals surface area contributed by atoms with Crippen molar-refractivity contribution in [1.29, 1.82) is 5.26 Å². The topological polar surface area (TPSA) is 88.1 Å². The summed E-state index contributed by atoms with van der Waals surface area (Å²) in [6.07, 6.45) is 0.548. The van der Waals surface area contributed by atoms with Gasteiger partial charge in [-0.1, -0.05) is 13.8 Å². The van der Waals surface area contributed by atoms with Crippen molar-refractivity contribution in [3.8, 4) is 6.07 Å². The quantitative estimate of drug-likeness (QED) is 0.758. The second-order valence-corrected chi connectivity index (χ2v) is 5.58. The first kappa shape index (κ1) is 14.9. The maximum absolute atomic E-state index is 12.1. The number of carbonyl (C=O) groups excluding carboxylic acids is 1. The Bertz CT molecular complexity index is 362. The highest BCUT2D eigenvalue weighted by molar-refractivity contribution is 5.88. The Morgan fingerprint density at radius 2 is 2.28 bits per heavy atom. The minimum atomic E-state index is -0.901. The molecule has 0 radical (unpaired) electrons. The first-order valence-electron chi connectivity index (χ1n) is 6.38. The maximum atomic E-state index is 12.1. The molecule has 1 fully saturated rings. The molecule has 0 bridgehead atoms. The van der Waals surface area contributed by atoms with Crippen LogP contribution in [0.5, 0.6) is 0 Å². The van der Waals surface area contributed by atoms with E-state index in [-0.39, 0.29) is 23.3 Å². The fourth-order valence-electron chi connectivity index (χ4n) is 2.27. The first-order chi connectivity index (χ1) is 8.29. The molecule has 1 rings (SSSR count). The molecule has 0 aliphatic heterocycles. The number of hydrogen-bond acceptors (Lipinski definition) is 4. The Balaban J connectivity index is 2.61. The van der Waals surface area contributed by atoms with Crippen molar-refractivity contribution in [2.75, 3.05) is 13.2 Å². The monoisotopic (exact) mass is 253 g/mol. The summed E-state index contributed by atoms with van der Waals surface area (Å²) in [6, 6.07) is 2.08. The zero-order chi connectivity index (χ0) is 14.0. The minimum absolute atomic E-state index is 0.0200. The molecule has 3 unspecified atom stereocenters. The fourth-order valence-corrected chi connectivity index (χ4v) is 2.27. The number of carbonyl (C=O) groups is 1. The molecule has 5 nitrogen and oxygen atoms in total. The van der Waals surface area contributed by atoms with Gasteiger partial charge in [-0.05, 0) is 13.8 Å². The Morgan fingerprint density at radius 3 is 2.72 bits per heavy atom. The first-order valence-corrected chi connectivity index (χ1v) is 6.38. The zero-order valence-electron chi connectivity index (χ0n) is 11.6. The van der Waals surface area contributed by atoms with E-state index in [0.29, 0.717) is 19.6 Å². The lowest BCUT2D eigenvalue weighted by Crippen LogP contribution is -2.75. The molecule has 0 saturated heterocycles. The number of hydrogen-bond donors (Lipinski definition) is 2. The van der Waals surface area contributed by atoms with Crippen LogP contribution in [0, 0.1) is 22.7 Å². The van der Waals surface area contributed by atoms with Crippen molar-refractivity contribution in [3.63, 3.8) is 0 Å². The third kappa shape index (κ3) is 2.36. The van der Waals surface area contributed by atoms with Gasteiger partial charge >= 0.3 is 0 Å². The van der Waals surface area contributed by atoms with Crippen LogP contribution < -0.4 is 11.1 Å². The number of rotatable bonds is 5. The molecule has 1 aliphatic carbocycles. The highest BCUT2D eigenvalue weighted by Gasteiger charge is 2.62. The number of amides is 1. The second kappa shape index (κ2) is 5.25. The molecule has 1 amide bonds. The van der Waals surface area contributed by atoms with E-state index in [1.54, 1.807) is 6.92 Å². The van der Waals surface area contributed by atoms with Crippen LogP contribution in [-0.4, -0.2) is 30.7 Å². The van der Waals surface area contributed by atoms with E-state index in [0.717, 1.165) is 0 Å². The Labute approximate surface area is 109 Å². The van der Waals surface area contributed by atoms with Gasteiger partial charge in [0.05, 0.1) is 18.1 Å². The predicted octanol–water partition coefficient (Wildman–Crippen LogP) is 0.795. The molecule has 5 heteroatoms. The summed E-state index contributed by atoms with van der Waals surface area (Å²) < 4.78 is 5.57. The molecular weight excluding hydrogens is 230 g/mol. The molecule has 3 N–H and O–H groups in total. The van der Waals surface area contributed by atoms with Gasteiger partial charge in [-0.25, -0.2) is 0 Å². The molecular formula is C13H23N3O2. The Hall–Kier alpha value is -1.12. The van der Waals surface area contributed by atoms with Crippen molar-refractivity contribution in [2.45, 2.75) is 45.8 Å². The van der Waals surface area contributed by atoms with Gasteiger partial charge in [0, 0.05) is 25.0 Å². The van der Waals surface area contributed by atoms with Gasteiger partial charge in [0.2, 0.25) is 5.91 Å². The van der Waals surface area contributed by atoms with E-state index in [4.69, 9.17) is 15.7 Å². The molecule has 102 valence electrons. The smallest absolute Gasteiger partial charge is 0.240 e. The molecule has 18 heavy (non-hydrogen) atoms. The molecule has 1 saturated carbocycles. The van der Waals surface area contributed by atoms with Gasteiger partial charge in [0.1, 0.15) is 5.54 Å². The van der Waals surface area contributed by atoms with Crippen molar-refractivity contribution in [2.24, 2.45) is 17.1 Å². The lowest BCUT2D eigenvalue weighted by molar-refractivity contribution is -0.170. The van der Waals surface area contributed by atoms with Gasteiger partial charge in [-0.3, -0.25) is 4.79 Å². The van der Waals surface area contributed by atoms with E-state index in [9.17, 15) is 4.79 Å². The third-order valence-electron chi connectivity index (χ3n) is 4.02. The van der Waals surface area contributed by atoms with Crippen LogP contribution in [0.1, 0.15) is 34.1 Å². The predicted molar refractivity (Wildman–Crippen MR) is 68.5 cm³/mol. The lowest BCUT2D eigenvalue weighted by Gasteiger charge is -2.57. The van der Waals surface area contributed by atoms with Gasteiger partial charge in [-0.15, -0.1) is 0 Å². The molecule has 0 aromatic carbocycles. The molecule has 0 heterocycles. The summed E-state index contributed by atoms with van der Waals surface area (Å²) in [5.74, 6) is -0.394. The van der Waals surface area contributed by atoms with E-state index >= 15 is 0 Å². The van der Waals surface area contributed by atoms with Crippen molar-refractivity contribution >= 4 is 5.91 Å². The molecule has 0 aromatic rings. The number of nitriles is 1. The number of nitrogens with one attached hydrogen (secondary N) is 1. The standard InChI is InChI=1S/C13H23N3O2/c1-5-18-10-6-13(15,12(10,3)4)11(17)16-8-9(2)7-14/h9-10H,5-6,8,15H2,1-4H3,(H,16,17). The average molecular weight is 253 g/mol. The van der Waals surface area contributed by atoms with Gasteiger partial charge < -0.3 is 15.8 Å². The molecule has 3 atom stereocenters. The van der Waals surface area contributed by atoms with Crippen LogP contribution in [0.3, 0.4) is 0 Å². The fraction of sp³-hybridized carbons (Fsp3) is 0.846. The van der Waals surface area contributed by atoms with Crippen LogP contribution in [0.2, 0.25) is 0 Å². The van der Waals surface area contributed by atoms with Gasteiger partial charge in [0.15, 0.2) is 0 Å². The lowest BCUT2D eigenvalue weighted by atomic mass is 9.54. The van der Waals surface area contributed by atoms with Gasteiger partial charge in [-0.2, -0.15) is 5.26 Å². The van der Waals surface area contributed by atoms with Crippen molar-refractivity contribution < 1.29 is 9.53 Å². The summed E-state index contributed by atoms with van der Waals surface area (Å²) in [6.45, 7) is 8.55. The summed E-state index contributed by atoms with van der Waals surface area (Å²) >= 11 is 0. The molecule has 0 aromatic heterocycles. The maximum Gasteiger partial charge on any atom is 0.240 e. The summed E-state index contributed by atoms with van der Waals surface area (Å²) in [4.78, 5) is 12.1. The summed E-state index contributed by atoms with van der Waals surface area (Å²) in [5.41, 5.74) is 4.91. The summed E-state index contributed by atoms with van der Waals surface area (Å²) in [7, 11) is 0. The second-order valence-electron chi connectivity index (χ2n) is 5.58. The number of nitrogens with two attached hydrogens (primary N) is 1. The summed E-state index contributed by atoms with van der Waals surface area (Å²) in [5, 5.41) is 11.4. The normalized spacial score (nSPS) is 31.0. The Morgan fingerprint density at radius 1 is 1.67 bits per heavy atom. The zero-order valence-corrected chi connectivity index (χ0v) is 11.6. The van der Waals surface area contributed by atoms with Crippen LogP contribution in [-0.2, 0) is 9.53 Å². The largest absolute Gasteiger partial charge is 0.378 e. The molecule has 0 spiro atoms. The molecule has 1 aliphatic rings. The van der Waals surface area contributed by atoms with Crippen LogP contribution in [0.15, 0.2) is 0 Å². The van der Waals surface area contributed by atoms with Crippen LogP contribution >= 0.6 is 0 Å². The van der Waals surface area contributed by atoms with Crippen LogP contribution in [0.4, 0.5) is 0 Å². The third-order valence-corrected chi connectivity index (χ3v) is 4.02.